The Bertz CT molecular complexity index is 280. The van der Waals surface area contributed by atoms with Crippen LogP contribution in [0.15, 0.2) is 4.99 Å². The number of hydrogen-bond donors (Lipinski definition) is 2. The molecule has 0 aliphatic carbocycles. The number of rotatable bonds is 7. The van der Waals surface area contributed by atoms with Gasteiger partial charge < -0.3 is 20.1 Å². The fraction of sp³-hybridized carbons (Fsp3) is 0.929. The van der Waals surface area contributed by atoms with Crippen LogP contribution in [0.2, 0.25) is 0 Å². The second-order valence-electron chi connectivity index (χ2n) is 5.51. The molecule has 1 aliphatic heterocycles. The molecule has 1 fully saturated rings. The molecule has 0 aromatic carbocycles. The van der Waals surface area contributed by atoms with Gasteiger partial charge in [0, 0.05) is 26.8 Å². The fourth-order valence-electron chi connectivity index (χ4n) is 1.90. The smallest absolute Gasteiger partial charge is 0.191 e. The Morgan fingerprint density at radius 1 is 1.40 bits per heavy atom. The van der Waals surface area contributed by atoms with Crippen molar-refractivity contribution < 1.29 is 9.47 Å². The Labute approximate surface area is 140 Å². The highest BCUT2D eigenvalue weighted by Gasteiger charge is 2.17. The van der Waals surface area contributed by atoms with Crippen molar-refractivity contribution in [2.75, 3.05) is 33.4 Å². The zero-order valence-electron chi connectivity index (χ0n) is 13.2. The average molecular weight is 399 g/mol. The topological polar surface area (TPSA) is 54.9 Å². The van der Waals surface area contributed by atoms with E-state index in [2.05, 4.69) is 22.5 Å². The summed E-state index contributed by atoms with van der Waals surface area (Å²) in [5, 5.41) is 6.59. The zero-order valence-corrected chi connectivity index (χ0v) is 15.5. The molecule has 20 heavy (non-hydrogen) atoms. The third-order valence-corrected chi connectivity index (χ3v) is 3.30. The number of ether oxygens (including phenoxy) is 2. The van der Waals surface area contributed by atoms with Gasteiger partial charge >= 0.3 is 0 Å². The summed E-state index contributed by atoms with van der Waals surface area (Å²) >= 11 is 0. The van der Waals surface area contributed by atoms with Crippen molar-refractivity contribution in [2.24, 2.45) is 4.99 Å². The maximum Gasteiger partial charge on any atom is 0.191 e. The van der Waals surface area contributed by atoms with Gasteiger partial charge in [0.15, 0.2) is 5.96 Å². The lowest BCUT2D eigenvalue weighted by molar-refractivity contribution is 0.0310. The van der Waals surface area contributed by atoms with Crippen LogP contribution in [0, 0.1) is 0 Å². The number of nitrogens with zero attached hydrogens (tertiary/aromatic N) is 1. The van der Waals surface area contributed by atoms with E-state index in [4.69, 9.17) is 9.47 Å². The molecule has 1 heterocycles. The highest BCUT2D eigenvalue weighted by molar-refractivity contribution is 14.0. The molecular formula is C14H30IN3O2. The summed E-state index contributed by atoms with van der Waals surface area (Å²) in [5.74, 6) is 0.852. The van der Waals surface area contributed by atoms with Crippen molar-refractivity contribution in [3.8, 4) is 0 Å². The van der Waals surface area contributed by atoms with E-state index in [-0.39, 0.29) is 29.6 Å². The molecule has 120 valence electrons. The highest BCUT2D eigenvalue weighted by atomic mass is 127. The lowest BCUT2D eigenvalue weighted by Gasteiger charge is -2.21. The zero-order chi connectivity index (χ0) is 14.1. The molecule has 0 saturated carbocycles. The summed E-state index contributed by atoms with van der Waals surface area (Å²) in [4.78, 5) is 4.55. The van der Waals surface area contributed by atoms with Crippen LogP contribution in [0.25, 0.3) is 0 Å². The van der Waals surface area contributed by atoms with Gasteiger partial charge in [-0.15, -0.1) is 24.0 Å². The van der Waals surface area contributed by atoms with E-state index in [0.717, 1.165) is 32.1 Å². The van der Waals surface area contributed by atoms with Crippen molar-refractivity contribution in [1.82, 2.24) is 10.6 Å². The molecule has 0 aromatic heterocycles. The third kappa shape index (κ3) is 8.26. The van der Waals surface area contributed by atoms with Crippen LogP contribution in [0.1, 0.15) is 40.0 Å². The van der Waals surface area contributed by atoms with Crippen molar-refractivity contribution in [3.63, 3.8) is 0 Å². The predicted octanol–water partition coefficient (Wildman–Crippen LogP) is 2.15. The van der Waals surface area contributed by atoms with Crippen LogP contribution in [0.5, 0.6) is 0 Å². The molecule has 1 unspecified atom stereocenters. The van der Waals surface area contributed by atoms with Crippen molar-refractivity contribution >= 4 is 29.9 Å². The normalized spacial score (nSPS) is 19.6. The van der Waals surface area contributed by atoms with Gasteiger partial charge in [-0.1, -0.05) is 0 Å². The molecule has 1 atom stereocenters. The van der Waals surface area contributed by atoms with Crippen molar-refractivity contribution in [2.45, 2.75) is 51.7 Å². The van der Waals surface area contributed by atoms with Crippen LogP contribution < -0.4 is 10.6 Å². The summed E-state index contributed by atoms with van der Waals surface area (Å²) in [6, 6.07) is 0. The van der Waals surface area contributed by atoms with Gasteiger partial charge in [0.05, 0.1) is 18.2 Å². The number of nitrogens with one attached hydrogen (secondary N) is 2. The minimum absolute atomic E-state index is 0. The quantitative estimate of drug-likeness (QED) is 0.392. The van der Waals surface area contributed by atoms with Gasteiger partial charge in [0.25, 0.3) is 0 Å². The molecule has 0 radical (unpaired) electrons. The van der Waals surface area contributed by atoms with E-state index in [1.54, 1.807) is 7.11 Å². The molecule has 0 amide bonds. The predicted molar refractivity (Wildman–Crippen MR) is 94.1 cm³/mol. The lowest BCUT2D eigenvalue weighted by Crippen LogP contribution is -2.40. The van der Waals surface area contributed by atoms with Crippen LogP contribution in [0.3, 0.4) is 0 Å². The Morgan fingerprint density at radius 2 is 2.15 bits per heavy atom. The number of aliphatic imine (C=N–C) groups is 1. The van der Waals surface area contributed by atoms with Gasteiger partial charge in [-0.05, 0) is 40.0 Å². The van der Waals surface area contributed by atoms with Gasteiger partial charge in [0.1, 0.15) is 0 Å². The van der Waals surface area contributed by atoms with E-state index >= 15 is 0 Å². The van der Waals surface area contributed by atoms with Crippen LogP contribution in [-0.4, -0.2) is 51.0 Å². The Morgan fingerprint density at radius 3 is 2.70 bits per heavy atom. The highest BCUT2D eigenvalue weighted by Crippen LogP contribution is 2.14. The summed E-state index contributed by atoms with van der Waals surface area (Å²) in [6.45, 7) is 9.44. The Balaban J connectivity index is 0.00000361. The number of hydrogen-bond acceptors (Lipinski definition) is 3. The van der Waals surface area contributed by atoms with E-state index < -0.39 is 0 Å². The average Bonchev–Trinajstić information content (AvgIpc) is 2.89. The second kappa shape index (κ2) is 10.6. The van der Waals surface area contributed by atoms with Crippen LogP contribution >= 0.6 is 24.0 Å². The molecule has 1 aliphatic rings. The van der Waals surface area contributed by atoms with Crippen molar-refractivity contribution in [3.05, 3.63) is 0 Å². The second-order valence-corrected chi connectivity index (χ2v) is 5.51. The molecule has 2 N–H and O–H groups in total. The molecule has 0 spiro atoms. The first-order chi connectivity index (χ1) is 9.07. The van der Waals surface area contributed by atoms with Gasteiger partial charge in [-0.25, -0.2) is 0 Å². The minimum Gasteiger partial charge on any atom is -0.378 e. The lowest BCUT2D eigenvalue weighted by atomic mass is 10.1. The maximum absolute atomic E-state index is 5.61. The van der Waals surface area contributed by atoms with Gasteiger partial charge in [-0.2, -0.15) is 0 Å². The maximum atomic E-state index is 5.61. The third-order valence-electron chi connectivity index (χ3n) is 3.30. The molecule has 0 aromatic rings. The Kier molecular flexibility index (Phi) is 10.6. The van der Waals surface area contributed by atoms with Crippen LogP contribution in [-0.2, 0) is 9.47 Å². The minimum atomic E-state index is -0.225. The molecule has 1 rings (SSSR count). The first kappa shape index (κ1) is 19.9. The van der Waals surface area contributed by atoms with E-state index in [1.807, 2.05) is 13.8 Å². The van der Waals surface area contributed by atoms with E-state index in [9.17, 15) is 0 Å². The first-order valence-electron chi connectivity index (χ1n) is 7.26. The molecule has 6 heteroatoms. The molecule has 5 nitrogen and oxygen atoms in total. The van der Waals surface area contributed by atoms with E-state index in [1.165, 1.54) is 12.8 Å². The standard InChI is InChI=1S/C14H29N3O2.HI/c1-5-15-13(17-11-14(2,3)18-4)16-9-8-12-7-6-10-19-12;/h12H,5-11H2,1-4H3,(H2,15,16,17);1H. The molecule has 1 saturated heterocycles. The summed E-state index contributed by atoms with van der Waals surface area (Å²) in [6.07, 6.45) is 3.84. The monoisotopic (exact) mass is 399 g/mol. The molecule has 0 bridgehead atoms. The van der Waals surface area contributed by atoms with Gasteiger partial charge in [0.2, 0.25) is 0 Å². The first-order valence-corrected chi connectivity index (χ1v) is 7.26. The van der Waals surface area contributed by atoms with E-state index in [0.29, 0.717) is 12.6 Å². The fourth-order valence-corrected chi connectivity index (χ4v) is 1.90. The number of guanidine groups is 1. The van der Waals surface area contributed by atoms with Crippen LogP contribution in [0.4, 0.5) is 0 Å². The summed E-state index contributed by atoms with van der Waals surface area (Å²) in [5.41, 5.74) is -0.225. The van der Waals surface area contributed by atoms with Gasteiger partial charge in [-0.3, -0.25) is 4.99 Å². The summed E-state index contributed by atoms with van der Waals surface area (Å²) < 4.78 is 11.0. The largest absolute Gasteiger partial charge is 0.378 e. The molecular weight excluding hydrogens is 369 g/mol. The summed E-state index contributed by atoms with van der Waals surface area (Å²) in [7, 11) is 1.72. The number of methoxy groups -OCH3 is 1. The SMILES string of the molecule is CCNC(=NCC(C)(C)OC)NCCC1CCCO1.I. The Hall–Kier alpha value is -0.0800. The van der Waals surface area contributed by atoms with Crippen molar-refractivity contribution in [1.29, 1.82) is 0 Å². The number of halogens is 1.